The fourth-order valence-electron chi connectivity index (χ4n) is 1.71. The SMILES string of the molecule is C/C=C(\C)c1cc(C(F)(F)F)c2c(N)ncnn12.CC.CC. The molecule has 2 heterocycles. The fraction of sp³-hybridized carbons (Fsp3) is 0.467. The van der Waals surface area contributed by atoms with E-state index in [0.717, 1.165) is 12.4 Å². The first-order valence-corrected chi connectivity index (χ1v) is 7.19. The van der Waals surface area contributed by atoms with E-state index in [9.17, 15) is 13.2 Å². The number of fused-ring (bicyclic) bond motifs is 1. The summed E-state index contributed by atoms with van der Waals surface area (Å²) in [7, 11) is 0. The van der Waals surface area contributed by atoms with Gasteiger partial charge in [0, 0.05) is 0 Å². The van der Waals surface area contributed by atoms with E-state index < -0.39 is 11.7 Å². The normalized spacial score (nSPS) is 11.4. The third kappa shape index (κ3) is 3.99. The van der Waals surface area contributed by atoms with Crippen molar-refractivity contribution in [3.05, 3.63) is 29.7 Å². The van der Waals surface area contributed by atoms with E-state index in [2.05, 4.69) is 10.1 Å². The monoisotopic (exact) mass is 316 g/mol. The Morgan fingerprint density at radius 2 is 1.77 bits per heavy atom. The highest BCUT2D eigenvalue weighted by Crippen LogP contribution is 2.37. The minimum Gasteiger partial charge on any atom is -0.382 e. The van der Waals surface area contributed by atoms with Crippen molar-refractivity contribution in [2.24, 2.45) is 0 Å². The molecule has 0 unspecified atom stereocenters. The van der Waals surface area contributed by atoms with E-state index >= 15 is 0 Å². The van der Waals surface area contributed by atoms with Gasteiger partial charge >= 0.3 is 6.18 Å². The minimum atomic E-state index is -4.49. The van der Waals surface area contributed by atoms with E-state index in [0.29, 0.717) is 11.3 Å². The quantitative estimate of drug-likeness (QED) is 0.821. The summed E-state index contributed by atoms with van der Waals surface area (Å²) in [5, 5.41) is 3.83. The molecule has 0 aromatic carbocycles. The second-order valence-corrected chi connectivity index (χ2v) is 3.82. The predicted octanol–water partition coefficient (Wildman–Crippen LogP) is 4.81. The Kier molecular flexibility index (Phi) is 7.62. The van der Waals surface area contributed by atoms with Crippen molar-refractivity contribution in [3.8, 4) is 0 Å². The summed E-state index contributed by atoms with van der Waals surface area (Å²) in [5.74, 6) is -0.188. The number of hydrogen-bond donors (Lipinski definition) is 1. The zero-order chi connectivity index (χ0) is 17.5. The average Bonchev–Trinajstić information content (AvgIpc) is 2.92. The molecule has 0 saturated heterocycles. The molecule has 0 bridgehead atoms. The van der Waals surface area contributed by atoms with Crippen LogP contribution < -0.4 is 5.73 Å². The van der Waals surface area contributed by atoms with Crippen molar-refractivity contribution in [2.75, 3.05) is 5.73 Å². The zero-order valence-corrected chi connectivity index (χ0v) is 13.8. The first-order chi connectivity index (χ1) is 10.4. The molecule has 2 aromatic rings. The molecule has 2 N–H and O–H groups in total. The molecule has 124 valence electrons. The number of anilines is 1. The third-order valence-corrected chi connectivity index (χ3v) is 2.73. The maximum Gasteiger partial charge on any atom is 0.418 e. The largest absolute Gasteiger partial charge is 0.418 e. The molecule has 0 aliphatic carbocycles. The van der Waals surface area contributed by atoms with E-state index in [1.165, 1.54) is 4.52 Å². The highest BCUT2D eigenvalue weighted by atomic mass is 19.4. The van der Waals surface area contributed by atoms with E-state index in [4.69, 9.17) is 5.73 Å². The van der Waals surface area contributed by atoms with Gasteiger partial charge in [0.25, 0.3) is 0 Å². The van der Waals surface area contributed by atoms with E-state index in [1.807, 2.05) is 27.7 Å². The van der Waals surface area contributed by atoms with Gasteiger partial charge in [0.2, 0.25) is 0 Å². The fourth-order valence-corrected chi connectivity index (χ4v) is 1.71. The van der Waals surface area contributed by atoms with Gasteiger partial charge in [-0.1, -0.05) is 33.8 Å². The molecule has 0 fully saturated rings. The van der Waals surface area contributed by atoms with Gasteiger partial charge in [-0.05, 0) is 25.5 Å². The second-order valence-electron chi connectivity index (χ2n) is 3.82. The van der Waals surface area contributed by atoms with Gasteiger partial charge in [-0.15, -0.1) is 0 Å². The van der Waals surface area contributed by atoms with E-state index in [1.54, 1.807) is 19.9 Å². The van der Waals surface area contributed by atoms with Gasteiger partial charge < -0.3 is 5.73 Å². The number of rotatable bonds is 1. The molecule has 0 amide bonds. The van der Waals surface area contributed by atoms with E-state index in [-0.39, 0.29) is 11.3 Å². The summed E-state index contributed by atoms with van der Waals surface area (Å²) in [6.45, 7) is 11.5. The zero-order valence-electron chi connectivity index (χ0n) is 13.8. The Morgan fingerprint density at radius 3 is 2.23 bits per heavy atom. The minimum absolute atomic E-state index is 0.188. The molecule has 0 radical (unpaired) electrons. The molecule has 0 aliphatic rings. The molecular weight excluding hydrogens is 293 g/mol. The van der Waals surface area contributed by atoms with Crippen LogP contribution in [0.15, 0.2) is 18.5 Å². The number of alkyl halides is 3. The smallest absolute Gasteiger partial charge is 0.382 e. The van der Waals surface area contributed by atoms with Gasteiger partial charge in [-0.3, -0.25) is 0 Å². The number of nitrogens with two attached hydrogens (primary N) is 1. The molecular formula is C15H23F3N4. The van der Waals surface area contributed by atoms with Crippen LogP contribution in [0.3, 0.4) is 0 Å². The third-order valence-electron chi connectivity index (χ3n) is 2.73. The number of allylic oxidation sites excluding steroid dienone is 2. The lowest BCUT2D eigenvalue weighted by atomic mass is 10.2. The topological polar surface area (TPSA) is 56.2 Å². The van der Waals surface area contributed by atoms with Gasteiger partial charge in [-0.2, -0.15) is 18.3 Å². The highest BCUT2D eigenvalue weighted by Gasteiger charge is 2.36. The average molecular weight is 316 g/mol. The Labute approximate surface area is 128 Å². The second kappa shape index (κ2) is 8.41. The van der Waals surface area contributed by atoms with Crippen LogP contribution in [-0.4, -0.2) is 14.6 Å². The standard InChI is InChI=1S/C11H11F3N4.2C2H6/c1-3-6(2)8-4-7(11(12,13)14)9-10(15)16-5-17-18(8)9;2*1-2/h3-5H,1-2H3,(H2,15,16,17);2*1-2H3/b6-3+;;. The van der Waals surface area contributed by atoms with Crippen LogP contribution in [0.4, 0.5) is 19.0 Å². The first kappa shape index (κ1) is 19.9. The van der Waals surface area contributed by atoms with Gasteiger partial charge in [-0.25, -0.2) is 9.50 Å². The van der Waals surface area contributed by atoms with Crippen molar-refractivity contribution in [1.29, 1.82) is 0 Å². The summed E-state index contributed by atoms with van der Waals surface area (Å²) in [5.41, 5.74) is 5.52. The van der Waals surface area contributed by atoms with Crippen molar-refractivity contribution in [1.82, 2.24) is 14.6 Å². The lowest BCUT2D eigenvalue weighted by Crippen LogP contribution is -2.07. The lowest BCUT2D eigenvalue weighted by Gasteiger charge is -2.05. The lowest BCUT2D eigenvalue weighted by molar-refractivity contribution is -0.136. The van der Waals surface area contributed by atoms with Gasteiger partial charge in [0.1, 0.15) is 11.8 Å². The maximum atomic E-state index is 12.9. The van der Waals surface area contributed by atoms with Crippen molar-refractivity contribution < 1.29 is 13.2 Å². The van der Waals surface area contributed by atoms with Gasteiger partial charge in [0.05, 0.1) is 11.3 Å². The van der Waals surface area contributed by atoms with Crippen molar-refractivity contribution >= 4 is 16.9 Å². The Bertz CT molecular complexity index is 627. The van der Waals surface area contributed by atoms with Crippen LogP contribution in [0.5, 0.6) is 0 Å². The number of hydrogen-bond acceptors (Lipinski definition) is 3. The number of halogens is 3. The molecule has 0 saturated carbocycles. The molecule has 22 heavy (non-hydrogen) atoms. The van der Waals surface area contributed by atoms with Gasteiger partial charge in [0.15, 0.2) is 5.82 Å². The summed E-state index contributed by atoms with van der Waals surface area (Å²) in [4.78, 5) is 3.61. The Hall–Kier alpha value is -2.05. The van der Waals surface area contributed by atoms with Crippen LogP contribution in [-0.2, 0) is 6.18 Å². The summed E-state index contributed by atoms with van der Waals surface area (Å²) in [6.07, 6.45) is -1.65. The van der Waals surface area contributed by atoms with Crippen molar-refractivity contribution in [2.45, 2.75) is 47.7 Å². The van der Waals surface area contributed by atoms with Crippen molar-refractivity contribution in [3.63, 3.8) is 0 Å². The van der Waals surface area contributed by atoms with Crippen LogP contribution >= 0.6 is 0 Å². The van der Waals surface area contributed by atoms with Crippen LogP contribution in [0, 0.1) is 0 Å². The van der Waals surface area contributed by atoms with Crippen LogP contribution in [0.25, 0.3) is 11.1 Å². The summed E-state index contributed by atoms with van der Waals surface area (Å²) >= 11 is 0. The molecule has 2 rings (SSSR count). The molecule has 4 nitrogen and oxygen atoms in total. The Balaban J connectivity index is 0.00000102. The molecule has 0 atom stereocenters. The number of aromatic nitrogens is 3. The molecule has 0 spiro atoms. The highest BCUT2D eigenvalue weighted by molar-refractivity contribution is 5.76. The molecule has 2 aromatic heterocycles. The van der Waals surface area contributed by atoms with Crippen LogP contribution in [0.2, 0.25) is 0 Å². The maximum absolute atomic E-state index is 12.9. The summed E-state index contributed by atoms with van der Waals surface area (Å²) < 4.78 is 40.0. The number of nitrogens with zero attached hydrogens (tertiary/aromatic N) is 3. The molecule has 0 aliphatic heterocycles. The number of nitrogen functional groups attached to an aromatic ring is 1. The molecule has 7 heteroatoms. The van der Waals surface area contributed by atoms with Crippen LogP contribution in [0.1, 0.15) is 52.8 Å². The summed E-state index contributed by atoms with van der Waals surface area (Å²) in [6, 6.07) is 1.04. The first-order valence-electron chi connectivity index (χ1n) is 7.19. The predicted molar refractivity (Wildman–Crippen MR) is 84.4 cm³/mol. The Morgan fingerprint density at radius 1 is 1.23 bits per heavy atom.